The van der Waals surface area contributed by atoms with Gasteiger partial charge in [-0.3, -0.25) is 0 Å². The average Bonchev–Trinajstić information content (AvgIpc) is 3.42. The molecule has 0 bridgehead atoms. The van der Waals surface area contributed by atoms with Crippen LogP contribution in [-0.4, -0.2) is 120 Å². The number of hydrogen-bond donors (Lipinski definition) is 2. The second-order valence-corrected chi connectivity index (χ2v) is 10.1. The molecule has 173 valence electrons. The summed E-state index contributed by atoms with van der Waals surface area (Å²) in [6.45, 7) is 1.46. The van der Waals surface area contributed by atoms with Gasteiger partial charge >= 0.3 is 16.2 Å². The number of benzene rings is 1. The maximum Gasteiger partial charge on any atom is 0.333 e. The fourth-order valence-electron chi connectivity index (χ4n) is 4.47. The van der Waals surface area contributed by atoms with Crippen LogP contribution in [0.3, 0.4) is 0 Å². The first-order chi connectivity index (χ1) is 15.3. The fraction of sp³-hybridized carbons (Fsp3) is 0.455. The molecule has 0 spiro atoms. The van der Waals surface area contributed by atoms with E-state index in [9.17, 15) is 13.2 Å². The molecule has 1 aromatic carbocycles. The molecule has 2 amide bonds. The van der Waals surface area contributed by atoms with Crippen molar-refractivity contribution in [2.24, 2.45) is 0 Å². The van der Waals surface area contributed by atoms with Crippen molar-refractivity contribution in [3.8, 4) is 17.0 Å². The quantitative estimate of drug-likeness (QED) is 0.590. The largest absolute Gasteiger partial charge is 0.481 e. The van der Waals surface area contributed by atoms with Gasteiger partial charge in [0.1, 0.15) is 0 Å². The molecule has 9 nitrogen and oxygen atoms in total. The van der Waals surface area contributed by atoms with Gasteiger partial charge < -0.3 is 15.0 Å². The Morgan fingerprint density at radius 2 is 2.06 bits per heavy atom. The summed E-state index contributed by atoms with van der Waals surface area (Å²) in [5.41, 5.74) is 4.46. The molecule has 0 unspecified atom stereocenters. The van der Waals surface area contributed by atoms with Crippen molar-refractivity contribution >= 4 is 73.3 Å². The van der Waals surface area contributed by atoms with Crippen LogP contribution in [0.4, 0.5) is 10.5 Å². The molecule has 2 N–H and O–H groups in total. The Balaban J connectivity index is 0.00000306. The van der Waals surface area contributed by atoms with Crippen molar-refractivity contribution in [3.63, 3.8) is 0 Å². The number of anilines is 1. The van der Waals surface area contributed by atoms with Crippen molar-refractivity contribution in [2.75, 3.05) is 39.6 Å². The summed E-state index contributed by atoms with van der Waals surface area (Å²) in [6.07, 6.45) is 5.12. The number of urea groups is 1. The Morgan fingerprint density at radius 1 is 1.27 bits per heavy atom. The smallest absolute Gasteiger partial charge is 0.333 e. The monoisotopic (exact) mass is 498 g/mol. The van der Waals surface area contributed by atoms with E-state index >= 15 is 0 Å². The number of ether oxygens (including phenoxy) is 1. The van der Waals surface area contributed by atoms with Gasteiger partial charge in [0.15, 0.2) is 0 Å². The van der Waals surface area contributed by atoms with Crippen molar-refractivity contribution in [3.05, 3.63) is 41.6 Å². The van der Waals surface area contributed by atoms with Crippen LogP contribution in [0.15, 0.2) is 30.5 Å². The number of likely N-dealkylation sites (tertiary alicyclic amines) is 1. The number of aromatic nitrogens is 1. The molecule has 1 radical (unpaired) electrons. The van der Waals surface area contributed by atoms with Gasteiger partial charge in [-0.25, -0.2) is 14.5 Å². The molecule has 4 rings (SSSR count). The molecule has 2 aromatic rings. The maximum absolute atomic E-state index is 12.8. The summed E-state index contributed by atoms with van der Waals surface area (Å²) >= 11 is 0. The predicted molar refractivity (Wildman–Crippen MR) is 129 cm³/mol. The zero-order valence-electron chi connectivity index (χ0n) is 19.6. The molecule has 2 aliphatic rings. The van der Waals surface area contributed by atoms with Crippen molar-refractivity contribution in [1.29, 1.82) is 0 Å². The Bertz CT molecular complexity index is 1130. The zero-order valence-corrected chi connectivity index (χ0v) is 23.5. The fourth-order valence-corrected chi connectivity index (χ4v) is 5.47. The normalized spacial score (nSPS) is 18.0. The van der Waals surface area contributed by atoms with Crippen LogP contribution >= 0.6 is 0 Å². The van der Waals surface area contributed by atoms with Crippen LogP contribution in [0.25, 0.3) is 11.1 Å². The SMILES string of the molecule is COc1cc(-c2ccc3c(c2NC(=O)NS(=O)(=O)N(C)[C@@H]2CCN(C)C2)CCC3)ccn1.[K]. The van der Waals surface area contributed by atoms with Crippen LogP contribution < -0.4 is 14.8 Å². The van der Waals surface area contributed by atoms with E-state index in [1.165, 1.54) is 16.9 Å². The molecule has 1 saturated heterocycles. The Morgan fingerprint density at radius 3 is 2.76 bits per heavy atom. The molecule has 1 aliphatic carbocycles. The summed E-state index contributed by atoms with van der Waals surface area (Å²) < 4.78 is 34.3. The van der Waals surface area contributed by atoms with Gasteiger partial charge in [0.2, 0.25) is 5.88 Å². The molecular weight excluding hydrogens is 469 g/mol. The number of fused-ring (bicyclic) bond motifs is 1. The Hall–Kier alpha value is -1.05. The standard InChI is InChI=1S/C22H29N5O4S.K/c1-26-12-10-17(14-26)27(2)32(29,30)25-22(28)24-21-18-6-4-5-15(18)7-8-19(21)16-9-11-23-20(13-16)31-3;/h7-9,11,13,17H,4-6,10,12,14H2,1-3H3,(H2,24,25,28);/t17-;/m1./s1. The summed E-state index contributed by atoms with van der Waals surface area (Å²) in [5, 5.41) is 2.83. The van der Waals surface area contributed by atoms with Crippen LogP contribution in [0.5, 0.6) is 5.88 Å². The number of pyridine rings is 1. The van der Waals surface area contributed by atoms with Crippen molar-refractivity contribution in [2.45, 2.75) is 31.7 Å². The molecule has 1 fully saturated rings. The number of hydrogen-bond acceptors (Lipinski definition) is 6. The molecule has 33 heavy (non-hydrogen) atoms. The number of nitrogens with one attached hydrogen (secondary N) is 2. The minimum absolute atomic E-state index is 0. The van der Waals surface area contributed by atoms with Gasteiger partial charge in [0.05, 0.1) is 12.8 Å². The van der Waals surface area contributed by atoms with Crippen LogP contribution in [-0.2, 0) is 23.1 Å². The van der Waals surface area contributed by atoms with Gasteiger partial charge in [-0.15, -0.1) is 0 Å². The minimum Gasteiger partial charge on any atom is -0.481 e. The van der Waals surface area contributed by atoms with Crippen molar-refractivity contribution < 1.29 is 17.9 Å². The summed E-state index contributed by atoms with van der Waals surface area (Å²) in [5.74, 6) is 0.462. The number of aryl methyl sites for hydroxylation is 1. The maximum atomic E-state index is 12.8. The minimum atomic E-state index is -3.97. The molecule has 1 atom stereocenters. The third kappa shape index (κ3) is 5.96. The number of carbonyl (C=O) groups excluding carboxylic acids is 1. The van der Waals surface area contributed by atoms with E-state index in [1.54, 1.807) is 19.4 Å². The Kier molecular flexibility index (Phi) is 8.95. The molecule has 0 saturated carbocycles. The second-order valence-electron chi connectivity index (χ2n) is 8.35. The first kappa shape index (κ1) is 26.5. The van der Waals surface area contributed by atoms with Crippen LogP contribution in [0.2, 0.25) is 0 Å². The summed E-state index contributed by atoms with van der Waals surface area (Å²) in [4.78, 5) is 19.1. The summed E-state index contributed by atoms with van der Waals surface area (Å²) in [6, 6.07) is 6.71. The molecule has 2 heterocycles. The number of rotatable bonds is 6. The van der Waals surface area contributed by atoms with Gasteiger partial charge in [0.25, 0.3) is 0 Å². The third-order valence-corrected chi connectivity index (χ3v) is 7.76. The molecule has 1 aromatic heterocycles. The number of nitrogens with zero attached hydrogens (tertiary/aromatic N) is 3. The van der Waals surface area contributed by atoms with Gasteiger partial charge in [-0.05, 0) is 62.0 Å². The number of methoxy groups -OCH3 is 1. The topological polar surface area (TPSA) is 104 Å². The van der Waals surface area contributed by atoms with E-state index in [0.29, 0.717) is 18.1 Å². The number of carbonyl (C=O) groups is 1. The molecular formula is C22H29KN5O4S. The number of amides is 2. The van der Waals surface area contributed by atoms with E-state index in [0.717, 1.165) is 48.9 Å². The van der Waals surface area contributed by atoms with Crippen molar-refractivity contribution in [1.82, 2.24) is 18.9 Å². The Labute approximate surface area is 237 Å². The average molecular weight is 499 g/mol. The summed E-state index contributed by atoms with van der Waals surface area (Å²) in [7, 11) is 1.03. The van der Waals surface area contributed by atoms with E-state index in [2.05, 4.69) is 26.0 Å². The zero-order chi connectivity index (χ0) is 22.9. The van der Waals surface area contributed by atoms with Gasteiger partial charge in [0, 0.05) is 88.8 Å². The van der Waals surface area contributed by atoms with Gasteiger partial charge in [-0.1, -0.05) is 12.1 Å². The first-order valence-corrected chi connectivity index (χ1v) is 12.1. The van der Waals surface area contributed by atoms with Crippen LogP contribution in [0, 0.1) is 0 Å². The third-order valence-electron chi connectivity index (χ3n) is 6.26. The predicted octanol–water partition coefficient (Wildman–Crippen LogP) is 1.87. The van der Waals surface area contributed by atoms with E-state index in [1.807, 2.05) is 19.2 Å². The van der Waals surface area contributed by atoms with Gasteiger partial charge in [-0.2, -0.15) is 12.7 Å². The second kappa shape index (κ2) is 11.1. The molecule has 1 aliphatic heterocycles. The molecule has 11 heteroatoms. The van der Waals surface area contributed by atoms with E-state index in [-0.39, 0.29) is 57.4 Å². The number of likely N-dealkylation sites (N-methyl/N-ethyl adjacent to an activating group) is 2. The van der Waals surface area contributed by atoms with E-state index < -0.39 is 16.2 Å². The van der Waals surface area contributed by atoms with E-state index in [4.69, 9.17) is 4.74 Å². The van der Waals surface area contributed by atoms with Crippen LogP contribution in [0.1, 0.15) is 24.0 Å². The first-order valence-electron chi connectivity index (χ1n) is 10.7.